The van der Waals surface area contributed by atoms with Crippen molar-refractivity contribution >= 4 is 34.8 Å². The summed E-state index contributed by atoms with van der Waals surface area (Å²) in [4.78, 5) is 42.3. The van der Waals surface area contributed by atoms with Crippen LogP contribution in [0.2, 0.25) is 5.02 Å². The number of anilines is 2. The van der Waals surface area contributed by atoms with Crippen LogP contribution in [0.4, 0.5) is 16.2 Å². The van der Waals surface area contributed by atoms with Crippen LogP contribution in [-0.4, -0.2) is 26.6 Å². The minimum atomic E-state index is -0.589. The third-order valence-corrected chi connectivity index (χ3v) is 6.88. The maximum atomic E-state index is 13.0. The number of rotatable bonds is 9. The number of carbonyl (C=O) groups excluding carboxylic acids is 2. The molecule has 206 valence electrons. The summed E-state index contributed by atoms with van der Waals surface area (Å²) in [6.45, 7) is 7.99. The number of nitrogens with zero attached hydrogens (tertiary/aromatic N) is 3. The van der Waals surface area contributed by atoms with Crippen LogP contribution in [0.15, 0.2) is 65.7 Å². The summed E-state index contributed by atoms with van der Waals surface area (Å²) in [6.07, 6.45) is 5.14. The van der Waals surface area contributed by atoms with Crippen LogP contribution in [0, 0.1) is 6.92 Å². The Bertz CT molecular complexity index is 1630. The first-order valence-corrected chi connectivity index (χ1v) is 13.7. The Kier molecular flexibility index (Phi) is 9.11. The number of benzene rings is 2. The first-order chi connectivity index (χ1) is 19.2. The number of carbonyl (C=O) groups is 2. The second kappa shape index (κ2) is 12.7. The molecule has 0 spiro atoms. The lowest BCUT2D eigenvalue weighted by molar-refractivity contribution is 0.0988. The van der Waals surface area contributed by atoms with Crippen molar-refractivity contribution in [3.05, 3.63) is 93.0 Å². The Labute approximate surface area is 238 Å². The molecular formula is C31H32ClN5O3. The van der Waals surface area contributed by atoms with Crippen molar-refractivity contribution < 1.29 is 9.59 Å². The van der Waals surface area contributed by atoms with E-state index in [9.17, 15) is 14.4 Å². The van der Waals surface area contributed by atoms with Gasteiger partial charge in [-0.1, -0.05) is 62.2 Å². The van der Waals surface area contributed by atoms with Crippen LogP contribution < -0.4 is 16.2 Å². The van der Waals surface area contributed by atoms with Crippen molar-refractivity contribution in [3.63, 3.8) is 0 Å². The summed E-state index contributed by atoms with van der Waals surface area (Å²) in [6, 6.07) is 14.5. The van der Waals surface area contributed by atoms with Crippen LogP contribution in [-0.2, 0) is 13.0 Å². The highest BCUT2D eigenvalue weighted by Crippen LogP contribution is 2.29. The SMILES string of the molecule is CCCc1cncc(Cl)c1NC(=O)Nc1cc(-c2cccc(-c3ccc(C(=O)CC)cc3C)c2)nn(CC)c1=O. The molecule has 2 heterocycles. The number of Topliss-reactive ketones (excluding diaryl/α,β-unsaturated/α-hetero) is 1. The molecule has 0 atom stereocenters. The first-order valence-electron chi connectivity index (χ1n) is 13.3. The van der Waals surface area contributed by atoms with Gasteiger partial charge >= 0.3 is 6.03 Å². The highest BCUT2D eigenvalue weighted by molar-refractivity contribution is 6.33. The van der Waals surface area contributed by atoms with E-state index in [0.717, 1.165) is 34.2 Å². The van der Waals surface area contributed by atoms with Crippen LogP contribution in [0.5, 0.6) is 0 Å². The number of hydrogen-bond donors (Lipinski definition) is 2. The summed E-state index contributed by atoms with van der Waals surface area (Å²) in [7, 11) is 0. The van der Waals surface area contributed by atoms with E-state index in [1.165, 1.54) is 10.9 Å². The first kappa shape index (κ1) is 28.7. The lowest BCUT2D eigenvalue weighted by Crippen LogP contribution is -2.30. The molecule has 4 rings (SSSR count). The van der Waals surface area contributed by atoms with Crippen LogP contribution >= 0.6 is 11.6 Å². The van der Waals surface area contributed by atoms with Gasteiger partial charge in [-0.25, -0.2) is 9.48 Å². The van der Waals surface area contributed by atoms with Gasteiger partial charge in [0, 0.05) is 36.5 Å². The Morgan fingerprint density at radius 3 is 2.45 bits per heavy atom. The Balaban J connectivity index is 1.66. The van der Waals surface area contributed by atoms with Crippen molar-refractivity contribution in [1.82, 2.24) is 14.8 Å². The number of urea groups is 1. The van der Waals surface area contributed by atoms with E-state index < -0.39 is 11.6 Å². The fourth-order valence-electron chi connectivity index (χ4n) is 4.54. The minimum absolute atomic E-state index is 0.0931. The highest BCUT2D eigenvalue weighted by Gasteiger charge is 2.16. The van der Waals surface area contributed by atoms with Gasteiger partial charge in [0.15, 0.2) is 5.78 Å². The number of nitrogens with one attached hydrogen (secondary N) is 2. The van der Waals surface area contributed by atoms with Gasteiger partial charge in [-0.15, -0.1) is 0 Å². The number of amides is 2. The molecule has 2 aromatic heterocycles. The standard InChI is InChI=1S/C31H32ClN5O3/c1-5-9-23-17-33-18-25(32)29(23)35-31(40)34-27-16-26(36-37(7-3)30(27)39)21-11-8-10-20(15-21)24-13-12-22(14-19(24)4)28(38)6-2/h8,10-18H,5-7,9H2,1-4H3,(H2,33,34,35,40). The zero-order valence-electron chi connectivity index (χ0n) is 23.0. The Hall–Kier alpha value is -4.30. The quantitative estimate of drug-likeness (QED) is 0.213. The molecule has 0 aliphatic heterocycles. The molecule has 0 bridgehead atoms. The maximum absolute atomic E-state index is 13.0. The molecular weight excluding hydrogens is 526 g/mol. The Morgan fingerprint density at radius 1 is 0.975 bits per heavy atom. The number of hydrogen-bond acceptors (Lipinski definition) is 5. The smallest absolute Gasteiger partial charge is 0.306 e. The molecule has 0 saturated carbocycles. The topological polar surface area (TPSA) is 106 Å². The van der Waals surface area contributed by atoms with Gasteiger partial charge in [-0.05, 0) is 60.7 Å². The summed E-state index contributed by atoms with van der Waals surface area (Å²) in [5.41, 5.74) is 5.88. The molecule has 2 N–H and O–H groups in total. The average Bonchev–Trinajstić information content (AvgIpc) is 2.95. The van der Waals surface area contributed by atoms with E-state index in [4.69, 9.17) is 11.6 Å². The van der Waals surface area contributed by atoms with E-state index >= 15 is 0 Å². The van der Waals surface area contributed by atoms with Gasteiger partial charge in [-0.3, -0.25) is 14.6 Å². The number of halogens is 1. The molecule has 40 heavy (non-hydrogen) atoms. The van der Waals surface area contributed by atoms with Crippen molar-refractivity contribution in [2.75, 3.05) is 10.6 Å². The molecule has 0 saturated heterocycles. The van der Waals surface area contributed by atoms with Crippen molar-refractivity contribution in [3.8, 4) is 22.4 Å². The van der Waals surface area contributed by atoms with Gasteiger partial charge in [-0.2, -0.15) is 5.10 Å². The largest absolute Gasteiger partial charge is 0.323 e. The molecule has 2 aromatic carbocycles. The number of ketones is 1. The lowest BCUT2D eigenvalue weighted by Gasteiger charge is -2.14. The fraction of sp³-hybridized carbons (Fsp3) is 0.258. The normalized spacial score (nSPS) is 10.8. The number of aryl methyl sites for hydroxylation is 3. The molecule has 0 aliphatic rings. The molecule has 0 unspecified atom stereocenters. The molecule has 2 amide bonds. The second-order valence-corrected chi connectivity index (χ2v) is 9.84. The van der Waals surface area contributed by atoms with E-state index in [-0.39, 0.29) is 11.5 Å². The highest BCUT2D eigenvalue weighted by atomic mass is 35.5. The van der Waals surface area contributed by atoms with Crippen molar-refractivity contribution in [2.45, 2.75) is 53.5 Å². The summed E-state index contributed by atoms with van der Waals surface area (Å²) in [5, 5.41) is 10.3. The molecule has 0 aliphatic carbocycles. The fourth-order valence-corrected chi connectivity index (χ4v) is 4.76. The van der Waals surface area contributed by atoms with Crippen LogP contribution in [0.1, 0.15) is 55.1 Å². The zero-order valence-corrected chi connectivity index (χ0v) is 23.8. The predicted octanol–water partition coefficient (Wildman–Crippen LogP) is 7.14. The van der Waals surface area contributed by atoms with E-state index in [1.807, 2.05) is 70.2 Å². The molecule has 4 aromatic rings. The van der Waals surface area contributed by atoms with E-state index in [0.29, 0.717) is 41.4 Å². The zero-order chi connectivity index (χ0) is 28.8. The average molecular weight is 558 g/mol. The van der Waals surface area contributed by atoms with E-state index in [1.54, 1.807) is 12.3 Å². The maximum Gasteiger partial charge on any atom is 0.323 e. The molecule has 8 nitrogen and oxygen atoms in total. The monoisotopic (exact) mass is 557 g/mol. The van der Waals surface area contributed by atoms with Gasteiger partial charge in [0.2, 0.25) is 0 Å². The van der Waals surface area contributed by atoms with Gasteiger partial charge < -0.3 is 10.6 Å². The molecule has 0 fully saturated rings. The Morgan fingerprint density at radius 2 is 1.75 bits per heavy atom. The van der Waals surface area contributed by atoms with Gasteiger partial charge in [0.05, 0.1) is 16.4 Å². The second-order valence-electron chi connectivity index (χ2n) is 9.44. The molecule has 9 heteroatoms. The van der Waals surface area contributed by atoms with Crippen LogP contribution in [0.3, 0.4) is 0 Å². The minimum Gasteiger partial charge on any atom is -0.306 e. The third kappa shape index (κ3) is 6.29. The molecule has 0 radical (unpaired) electrons. The van der Waals surface area contributed by atoms with Gasteiger partial charge in [0.1, 0.15) is 5.69 Å². The third-order valence-electron chi connectivity index (χ3n) is 6.60. The van der Waals surface area contributed by atoms with Crippen LogP contribution in [0.25, 0.3) is 22.4 Å². The van der Waals surface area contributed by atoms with Crippen molar-refractivity contribution in [2.24, 2.45) is 0 Å². The van der Waals surface area contributed by atoms with E-state index in [2.05, 4.69) is 20.7 Å². The summed E-state index contributed by atoms with van der Waals surface area (Å²) < 4.78 is 1.32. The number of aromatic nitrogens is 3. The van der Waals surface area contributed by atoms with Crippen molar-refractivity contribution in [1.29, 1.82) is 0 Å². The van der Waals surface area contributed by atoms with Gasteiger partial charge in [0.25, 0.3) is 5.56 Å². The summed E-state index contributed by atoms with van der Waals surface area (Å²) in [5.74, 6) is 0.103. The predicted molar refractivity (Wildman–Crippen MR) is 160 cm³/mol. The summed E-state index contributed by atoms with van der Waals surface area (Å²) >= 11 is 6.31. The number of pyridine rings is 1. The lowest BCUT2D eigenvalue weighted by atomic mass is 9.95.